The zero-order valence-electron chi connectivity index (χ0n) is 14.4. The molecule has 140 valence electrons. The zero-order valence-corrected chi connectivity index (χ0v) is 14.4. The molecule has 5 nitrogen and oxygen atoms in total. The number of hydrogen-bond donors (Lipinski definition) is 2. The molecule has 0 fully saturated rings. The molecule has 8 heteroatoms. The van der Waals surface area contributed by atoms with Gasteiger partial charge in [0.05, 0.1) is 24.0 Å². The average Bonchev–Trinajstić information content (AvgIpc) is 3.01. The first-order valence-corrected chi connectivity index (χ1v) is 8.13. The molecule has 0 aliphatic rings. The fourth-order valence-corrected chi connectivity index (χ4v) is 2.58. The fourth-order valence-electron chi connectivity index (χ4n) is 2.58. The average molecular weight is 374 g/mol. The Morgan fingerprint density at radius 2 is 1.81 bits per heavy atom. The van der Waals surface area contributed by atoms with Crippen molar-refractivity contribution in [3.8, 4) is 0 Å². The number of urea groups is 1. The first-order valence-electron chi connectivity index (χ1n) is 8.13. The molecule has 2 amide bonds. The summed E-state index contributed by atoms with van der Waals surface area (Å²) in [6, 6.07) is 11.8. The molecule has 2 N–H and O–H groups in total. The number of amides is 2. The van der Waals surface area contributed by atoms with Gasteiger partial charge in [0, 0.05) is 11.9 Å². The van der Waals surface area contributed by atoms with E-state index in [1.165, 1.54) is 18.3 Å². The van der Waals surface area contributed by atoms with Crippen LogP contribution in [0.3, 0.4) is 0 Å². The lowest BCUT2D eigenvalue weighted by molar-refractivity contribution is -0.137. The van der Waals surface area contributed by atoms with E-state index in [-0.39, 0.29) is 5.69 Å². The van der Waals surface area contributed by atoms with Crippen molar-refractivity contribution >= 4 is 17.4 Å². The van der Waals surface area contributed by atoms with Crippen molar-refractivity contribution in [1.29, 1.82) is 0 Å². The summed E-state index contributed by atoms with van der Waals surface area (Å²) in [7, 11) is 0. The van der Waals surface area contributed by atoms with E-state index in [4.69, 9.17) is 0 Å². The summed E-state index contributed by atoms with van der Waals surface area (Å²) < 4.78 is 39.8. The fraction of sp³-hybridized carbons (Fsp3) is 0.158. The number of carbonyl (C=O) groups excluding carboxylic acids is 1. The van der Waals surface area contributed by atoms with Crippen LogP contribution >= 0.6 is 0 Å². The van der Waals surface area contributed by atoms with Gasteiger partial charge in [-0.05, 0) is 30.7 Å². The van der Waals surface area contributed by atoms with Crippen LogP contribution in [0.2, 0.25) is 0 Å². The van der Waals surface area contributed by atoms with Crippen LogP contribution in [0.1, 0.15) is 16.7 Å². The SMILES string of the molecule is Cc1cccc(Cn2cc(NC(=O)Nc3cccc(C(F)(F)F)c3)cn2)c1. The second-order valence-electron chi connectivity index (χ2n) is 6.07. The molecule has 0 aliphatic carbocycles. The van der Waals surface area contributed by atoms with Crippen molar-refractivity contribution in [2.75, 3.05) is 10.6 Å². The lowest BCUT2D eigenvalue weighted by Crippen LogP contribution is -2.19. The second kappa shape index (κ2) is 7.53. The summed E-state index contributed by atoms with van der Waals surface area (Å²) in [6.45, 7) is 2.54. The number of nitrogens with zero attached hydrogens (tertiary/aromatic N) is 2. The molecule has 0 saturated carbocycles. The Labute approximate surface area is 153 Å². The Morgan fingerprint density at radius 1 is 1.07 bits per heavy atom. The first kappa shape index (κ1) is 18.5. The highest BCUT2D eigenvalue weighted by atomic mass is 19.4. The molecule has 3 aromatic rings. The Balaban J connectivity index is 1.61. The van der Waals surface area contributed by atoms with Gasteiger partial charge in [-0.25, -0.2) is 4.79 Å². The van der Waals surface area contributed by atoms with Gasteiger partial charge in [-0.15, -0.1) is 0 Å². The number of nitrogens with one attached hydrogen (secondary N) is 2. The Kier molecular flexibility index (Phi) is 5.16. The normalized spacial score (nSPS) is 11.3. The van der Waals surface area contributed by atoms with Gasteiger partial charge in [-0.2, -0.15) is 18.3 Å². The molecular weight excluding hydrogens is 357 g/mol. The van der Waals surface area contributed by atoms with Crippen LogP contribution in [-0.2, 0) is 12.7 Å². The van der Waals surface area contributed by atoms with Gasteiger partial charge in [0.25, 0.3) is 0 Å². The van der Waals surface area contributed by atoms with Crippen LogP contribution in [0.5, 0.6) is 0 Å². The smallest absolute Gasteiger partial charge is 0.308 e. The minimum Gasteiger partial charge on any atom is -0.308 e. The highest BCUT2D eigenvalue weighted by Gasteiger charge is 2.30. The lowest BCUT2D eigenvalue weighted by Gasteiger charge is -2.10. The summed E-state index contributed by atoms with van der Waals surface area (Å²) in [5.41, 5.74) is 1.87. The summed E-state index contributed by atoms with van der Waals surface area (Å²) in [5.74, 6) is 0. The highest BCUT2D eigenvalue weighted by Crippen LogP contribution is 2.30. The third-order valence-electron chi connectivity index (χ3n) is 3.77. The maximum Gasteiger partial charge on any atom is 0.416 e. The molecular formula is C19H17F3N4O. The molecule has 0 aliphatic heterocycles. The van der Waals surface area contributed by atoms with Gasteiger partial charge in [0.15, 0.2) is 0 Å². The van der Waals surface area contributed by atoms with E-state index in [1.54, 1.807) is 10.9 Å². The monoisotopic (exact) mass is 374 g/mol. The molecule has 0 unspecified atom stereocenters. The van der Waals surface area contributed by atoms with Gasteiger partial charge in [-0.1, -0.05) is 35.9 Å². The number of benzene rings is 2. The van der Waals surface area contributed by atoms with Crippen LogP contribution in [0.4, 0.5) is 29.3 Å². The third kappa shape index (κ3) is 5.10. The van der Waals surface area contributed by atoms with Gasteiger partial charge in [-0.3, -0.25) is 4.68 Å². The van der Waals surface area contributed by atoms with E-state index in [0.717, 1.165) is 23.3 Å². The number of aryl methyl sites for hydroxylation is 1. The molecule has 0 bridgehead atoms. The van der Waals surface area contributed by atoms with E-state index in [1.807, 2.05) is 31.2 Å². The van der Waals surface area contributed by atoms with Crippen molar-refractivity contribution in [3.63, 3.8) is 0 Å². The molecule has 3 rings (SSSR count). The zero-order chi connectivity index (χ0) is 19.4. The molecule has 2 aromatic carbocycles. The summed E-state index contributed by atoms with van der Waals surface area (Å²) in [4.78, 5) is 12.0. The van der Waals surface area contributed by atoms with E-state index in [0.29, 0.717) is 12.2 Å². The van der Waals surface area contributed by atoms with Crippen molar-refractivity contribution < 1.29 is 18.0 Å². The molecule has 0 radical (unpaired) electrons. The number of hydrogen-bond acceptors (Lipinski definition) is 2. The highest BCUT2D eigenvalue weighted by molar-refractivity contribution is 5.99. The number of rotatable bonds is 4. The molecule has 1 aromatic heterocycles. The minimum absolute atomic E-state index is 0.0504. The van der Waals surface area contributed by atoms with Crippen molar-refractivity contribution in [1.82, 2.24) is 9.78 Å². The Morgan fingerprint density at radius 3 is 2.56 bits per heavy atom. The summed E-state index contributed by atoms with van der Waals surface area (Å²) in [6.07, 6.45) is -1.35. The number of aromatic nitrogens is 2. The molecule has 0 spiro atoms. The van der Waals surface area contributed by atoms with Crippen LogP contribution in [-0.4, -0.2) is 15.8 Å². The topological polar surface area (TPSA) is 59.0 Å². The van der Waals surface area contributed by atoms with E-state index < -0.39 is 17.8 Å². The van der Waals surface area contributed by atoms with E-state index in [9.17, 15) is 18.0 Å². The first-order chi connectivity index (χ1) is 12.8. The van der Waals surface area contributed by atoms with E-state index in [2.05, 4.69) is 15.7 Å². The number of anilines is 2. The van der Waals surface area contributed by atoms with Gasteiger partial charge < -0.3 is 10.6 Å². The summed E-state index contributed by atoms with van der Waals surface area (Å²) in [5, 5.41) is 9.11. The van der Waals surface area contributed by atoms with Crippen molar-refractivity contribution in [2.24, 2.45) is 0 Å². The van der Waals surface area contributed by atoms with Crippen LogP contribution in [0, 0.1) is 6.92 Å². The summed E-state index contributed by atoms with van der Waals surface area (Å²) >= 11 is 0. The van der Waals surface area contributed by atoms with Crippen molar-refractivity contribution in [3.05, 3.63) is 77.6 Å². The maximum absolute atomic E-state index is 12.7. The molecule has 27 heavy (non-hydrogen) atoms. The lowest BCUT2D eigenvalue weighted by atomic mass is 10.1. The maximum atomic E-state index is 12.7. The van der Waals surface area contributed by atoms with Crippen LogP contribution < -0.4 is 10.6 Å². The molecule has 0 saturated heterocycles. The van der Waals surface area contributed by atoms with Gasteiger partial charge >= 0.3 is 12.2 Å². The third-order valence-corrected chi connectivity index (χ3v) is 3.77. The van der Waals surface area contributed by atoms with E-state index >= 15 is 0 Å². The predicted octanol–water partition coefficient (Wildman–Crippen LogP) is 4.90. The Bertz CT molecular complexity index is 950. The van der Waals surface area contributed by atoms with Crippen molar-refractivity contribution in [2.45, 2.75) is 19.6 Å². The largest absolute Gasteiger partial charge is 0.416 e. The quantitative estimate of drug-likeness (QED) is 0.682. The molecule has 0 atom stereocenters. The van der Waals surface area contributed by atoms with Crippen LogP contribution in [0.25, 0.3) is 0 Å². The predicted molar refractivity (Wildman–Crippen MR) is 96.6 cm³/mol. The standard InChI is InChI=1S/C19H17F3N4O/c1-13-4-2-5-14(8-13)11-26-12-17(10-23-26)25-18(27)24-16-7-3-6-15(9-16)19(20,21)22/h2-10,12H,11H2,1H3,(H2,24,25,27). The van der Waals surface area contributed by atoms with Gasteiger partial charge in [0.2, 0.25) is 0 Å². The number of carbonyl (C=O) groups is 1. The molecule has 1 heterocycles. The van der Waals surface area contributed by atoms with Crippen LogP contribution in [0.15, 0.2) is 60.9 Å². The minimum atomic E-state index is -4.47. The number of alkyl halides is 3. The Hall–Kier alpha value is -3.29. The number of halogens is 3. The second-order valence-corrected chi connectivity index (χ2v) is 6.07. The van der Waals surface area contributed by atoms with Gasteiger partial charge in [0.1, 0.15) is 0 Å².